The first kappa shape index (κ1) is 13.9. The first-order chi connectivity index (χ1) is 9.69. The van der Waals surface area contributed by atoms with Crippen LogP contribution in [0.4, 0.5) is 5.95 Å². The van der Waals surface area contributed by atoms with Crippen molar-refractivity contribution in [3.63, 3.8) is 0 Å². The number of thiophene rings is 1. The topological polar surface area (TPSA) is 56.8 Å². The second kappa shape index (κ2) is 5.71. The molecule has 1 aliphatic heterocycles. The number of hydrogen-bond donors (Lipinski definition) is 2. The first-order valence-corrected chi connectivity index (χ1v) is 8.03. The Morgan fingerprint density at radius 3 is 2.80 bits per heavy atom. The molecule has 0 aliphatic carbocycles. The van der Waals surface area contributed by atoms with Crippen LogP contribution >= 0.6 is 22.9 Å². The highest BCUT2D eigenvalue weighted by Gasteiger charge is 2.21. The van der Waals surface area contributed by atoms with Crippen molar-refractivity contribution in [2.24, 2.45) is 0 Å². The standard InChI is InChI=1S/C13H18ClN5S/c1-8-7-20-11(10(8)14)12-16-13(18-17-12)19-5-3-9(15-2)4-6-19/h7,9,15H,3-6H2,1-2H3,(H,16,17,18). The molecule has 2 aromatic rings. The third-order valence-electron chi connectivity index (χ3n) is 3.77. The van der Waals surface area contributed by atoms with Crippen molar-refractivity contribution in [2.75, 3.05) is 25.0 Å². The fraction of sp³-hybridized carbons (Fsp3) is 0.538. The molecule has 0 unspecified atom stereocenters. The molecule has 3 heterocycles. The minimum atomic E-state index is 0.610. The summed E-state index contributed by atoms with van der Waals surface area (Å²) in [6.45, 7) is 3.97. The summed E-state index contributed by atoms with van der Waals surface area (Å²) in [5.41, 5.74) is 1.08. The summed E-state index contributed by atoms with van der Waals surface area (Å²) in [4.78, 5) is 7.78. The normalized spacial score (nSPS) is 16.9. The molecule has 0 radical (unpaired) electrons. The molecule has 5 nitrogen and oxygen atoms in total. The lowest BCUT2D eigenvalue weighted by Crippen LogP contribution is -2.41. The van der Waals surface area contributed by atoms with Gasteiger partial charge in [0.05, 0.1) is 9.90 Å². The maximum Gasteiger partial charge on any atom is 0.245 e. The van der Waals surface area contributed by atoms with Crippen molar-refractivity contribution in [3.8, 4) is 10.7 Å². The van der Waals surface area contributed by atoms with Gasteiger partial charge in [-0.25, -0.2) is 0 Å². The molecular formula is C13H18ClN5S. The van der Waals surface area contributed by atoms with Gasteiger partial charge >= 0.3 is 0 Å². The molecular weight excluding hydrogens is 294 g/mol. The lowest BCUT2D eigenvalue weighted by Gasteiger charge is -2.30. The van der Waals surface area contributed by atoms with E-state index in [9.17, 15) is 0 Å². The van der Waals surface area contributed by atoms with Crippen LogP contribution in [0.15, 0.2) is 5.38 Å². The molecule has 0 atom stereocenters. The van der Waals surface area contributed by atoms with E-state index in [1.807, 2.05) is 19.4 Å². The number of aromatic nitrogens is 3. The van der Waals surface area contributed by atoms with E-state index in [1.54, 1.807) is 11.3 Å². The molecule has 0 bridgehead atoms. The molecule has 20 heavy (non-hydrogen) atoms. The van der Waals surface area contributed by atoms with Gasteiger partial charge in [0.2, 0.25) is 5.95 Å². The van der Waals surface area contributed by atoms with Gasteiger partial charge in [-0.1, -0.05) is 11.6 Å². The van der Waals surface area contributed by atoms with Crippen molar-refractivity contribution >= 4 is 28.9 Å². The minimum Gasteiger partial charge on any atom is -0.339 e. The van der Waals surface area contributed by atoms with E-state index < -0.39 is 0 Å². The predicted octanol–water partition coefficient (Wildman–Crippen LogP) is 2.68. The fourth-order valence-corrected chi connectivity index (χ4v) is 3.68. The van der Waals surface area contributed by atoms with Crippen LogP contribution in [0, 0.1) is 6.92 Å². The van der Waals surface area contributed by atoms with Crippen LogP contribution in [0.3, 0.4) is 0 Å². The summed E-state index contributed by atoms with van der Waals surface area (Å²) in [5, 5.41) is 13.5. The number of nitrogens with zero attached hydrogens (tertiary/aromatic N) is 3. The highest BCUT2D eigenvalue weighted by atomic mass is 35.5. The summed E-state index contributed by atoms with van der Waals surface area (Å²) in [5.74, 6) is 1.54. The zero-order valence-corrected chi connectivity index (χ0v) is 13.2. The zero-order chi connectivity index (χ0) is 14.1. The van der Waals surface area contributed by atoms with E-state index >= 15 is 0 Å². The van der Waals surface area contributed by atoms with Gasteiger partial charge in [-0.2, -0.15) is 4.98 Å². The Balaban J connectivity index is 1.76. The van der Waals surface area contributed by atoms with E-state index in [1.165, 1.54) is 0 Å². The van der Waals surface area contributed by atoms with Gasteiger partial charge in [0.25, 0.3) is 0 Å². The van der Waals surface area contributed by atoms with Crippen molar-refractivity contribution in [2.45, 2.75) is 25.8 Å². The maximum absolute atomic E-state index is 6.28. The Labute approximate surface area is 127 Å². The zero-order valence-electron chi connectivity index (χ0n) is 11.6. The summed E-state index contributed by atoms with van der Waals surface area (Å²) in [6.07, 6.45) is 2.25. The van der Waals surface area contributed by atoms with Crippen LogP contribution in [-0.2, 0) is 0 Å². The van der Waals surface area contributed by atoms with E-state index in [2.05, 4.69) is 25.4 Å². The van der Waals surface area contributed by atoms with Crippen LogP contribution in [0.25, 0.3) is 10.7 Å². The molecule has 0 saturated carbocycles. The quantitative estimate of drug-likeness (QED) is 0.915. The van der Waals surface area contributed by atoms with E-state index in [0.29, 0.717) is 6.04 Å². The number of nitrogens with one attached hydrogen (secondary N) is 2. The van der Waals surface area contributed by atoms with Crippen LogP contribution in [-0.4, -0.2) is 41.4 Å². The molecule has 0 aromatic carbocycles. The lowest BCUT2D eigenvalue weighted by atomic mass is 10.1. The first-order valence-electron chi connectivity index (χ1n) is 6.77. The molecule has 3 rings (SSSR count). The molecule has 1 aliphatic rings. The van der Waals surface area contributed by atoms with Gasteiger partial charge in [-0.3, -0.25) is 5.10 Å². The highest BCUT2D eigenvalue weighted by Crippen LogP contribution is 2.35. The molecule has 0 spiro atoms. The number of H-pyrrole nitrogens is 1. The van der Waals surface area contributed by atoms with Crippen molar-refractivity contribution in [1.82, 2.24) is 20.5 Å². The molecule has 1 saturated heterocycles. The number of halogens is 1. The second-order valence-corrected chi connectivity index (χ2v) is 6.35. The van der Waals surface area contributed by atoms with Gasteiger partial charge < -0.3 is 10.2 Å². The molecule has 7 heteroatoms. The highest BCUT2D eigenvalue weighted by molar-refractivity contribution is 7.14. The Bertz CT molecular complexity index is 585. The Morgan fingerprint density at radius 2 is 2.20 bits per heavy atom. The molecule has 2 N–H and O–H groups in total. The number of rotatable bonds is 3. The summed E-state index contributed by atoms with van der Waals surface area (Å²) >= 11 is 7.88. The third-order valence-corrected chi connectivity index (χ3v) is 5.48. The molecule has 108 valence electrons. The van der Waals surface area contributed by atoms with E-state index in [4.69, 9.17) is 11.6 Å². The maximum atomic E-state index is 6.28. The Hall–Kier alpha value is -1.11. The summed E-state index contributed by atoms with van der Waals surface area (Å²) < 4.78 is 0. The average molecular weight is 312 g/mol. The Morgan fingerprint density at radius 1 is 1.45 bits per heavy atom. The van der Waals surface area contributed by atoms with Crippen LogP contribution in [0.1, 0.15) is 18.4 Å². The van der Waals surface area contributed by atoms with Gasteiger partial charge in [0, 0.05) is 19.1 Å². The smallest absolute Gasteiger partial charge is 0.245 e. The number of aryl methyl sites for hydroxylation is 1. The number of hydrogen-bond acceptors (Lipinski definition) is 5. The minimum absolute atomic E-state index is 0.610. The second-order valence-electron chi connectivity index (χ2n) is 5.10. The monoisotopic (exact) mass is 311 g/mol. The van der Waals surface area contributed by atoms with Gasteiger partial charge in [-0.05, 0) is 37.8 Å². The largest absolute Gasteiger partial charge is 0.339 e. The van der Waals surface area contributed by atoms with Crippen LogP contribution in [0.2, 0.25) is 5.02 Å². The predicted molar refractivity (Wildman–Crippen MR) is 83.7 cm³/mol. The van der Waals surface area contributed by atoms with Crippen molar-refractivity contribution < 1.29 is 0 Å². The third kappa shape index (κ3) is 2.55. The summed E-state index contributed by atoms with van der Waals surface area (Å²) in [7, 11) is 2.02. The summed E-state index contributed by atoms with van der Waals surface area (Å²) in [6, 6.07) is 0.610. The molecule has 1 fully saturated rings. The van der Waals surface area contributed by atoms with Gasteiger partial charge in [0.15, 0.2) is 5.82 Å². The molecule has 2 aromatic heterocycles. The van der Waals surface area contributed by atoms with Crippen molar-refractivity contribution in [1.29, 1.82) is 0 Å². The van der Waals surface area contributed by atoms with Crippen LogP contribution in [0.5, 0.6) is 0 Å². The number of anilines is 1. The lowest BCUT2D eigenvalue weighted by molar-refractivity contribution is 0.439. The Kier molecular flexibility index (Phi) is 3.96. The van der Waals surface area contributed by atoms with Crippen LogP contribution < -0.4 is 10.2 Å². The average Bonchev–Trinajstić information content (AvgIpc) is 3.08. The van der Waals surface area contributed by atoms with E-state index in [-0.39, 0.29) is 0 Å². The van der Waals surface area contributed by atoms with Gasteiger partial charge in [0.1, 0.15) is 0 Å². The molecule has 0 amide bonds. The fourth-order valence-electron chi connectivity index (χ4n) is 2.45. The van der Waals surface area contributed by atoms with E-state index in [0.717, 1.165) is 53.2 Å². The van der Waals surface area contributed by atoms with Gasteiger partial charge in [-0.15, -0.1) is 16.4 Å². The van der Waals surface area contributed by atoms with Crippen molar-refractivity contribution in [3.05, 3.63) is 16.0 Å². The SMILES string of the molecule is CNC1CCN(c2n[nH]c(-c3scc(C)c3Cl)n2)CC1. The number of piperidine rings is 1. The number of aromatic amines is 1.